The Morgan fingerprint density at radius 1 is 0.925 bits per heavy atom. The second-order valence-electron chi connectivity index (χ2n) is 9.82. The molecule has 1 aliphatic rings. The Morgan fingerprint density at radius 2 is 1.57 bits per heavy atom. The van der Waals surface area contributed by atoms with E-state index in [1.807, 2.05) is 0 Å². The molecule has 12 nitrogen and oxygen atoms in total. The lowest BCUT2D eigenvalue weighted by molar-refractivity contribution is -0.143. The van der Waals surface area contributed by atoms with E-state index in [-0.39, 0.29) is 31.4 Å². The first kappa shape index (κ1) is 30.1. The first-order valence-corrected chi connectivity index (χ1v) is 13.0. The summed E-state index contributed by atoms with van der Waals surface area (Å²) in [5, 5.41) is 24.1. The number of nitrogens with one attached hydrogen (secondary N) is 2. The van der Waals surface area contributed by atoms with Gasteiger partial charge in [0.05, 0.1) is 6.04 Å². The van der Waals surface area contributed by atoms with Crippen LogP contribution < -0.4 is 22.1 Å². The summed E-state index contributed by atoms with van der Waals surface area (Å²) < 4.78 is 0. The van der Waals surface area contributed by atoms with Gasteiger partial charge in [-0.15, -0.1) is 0 Å². The predicted molar refractivity (Wildman–Crippen MR) is 145 cm³/mol. The van der Waals surface area contributed by atoms with Crippen LogP contribution in [0.4, 0.5) is 0 Å². The van der Waals surface area contributed by atoms with Crippen LogP contribution in [0.1, 0.15) is 36.8 Å². The molecule has 0 aliphatic carbocycles. The molecule has 4 unspecified atom stereocenters. The molecule has 0 bridgehead atoms. The number of phenolic OH excluding ortho intramolecular Hbond substituents is 1. The zero-order valence-electron chi connectivity index (χ0n) is 22.0. The molecule has 1 aliphatic heterocycles. The zero-order valence-corrected chi connectivity index (χ0v) is 22.0. The molecule has 40 heavy (non-hydrogen) atoms. The van der Waals surface area contributed by atoms with Gasteiger partial charge in [-0.1, -0.05) is 42.5 Å². The smallest absolute Gasteiger partial charge is 0.326 e. The molecule has 0 aromatic heterocycles. The summed E-state index contributed by atoms with van der Waals surface area (Å²) >= 11 is 0. The molecule has 2 aromatic carbocycles. The summed E-state index contributed by atoms with van der Waals surface area (Å²) in [5.41, 5.74) is 12.8. The van der Waals surface area contributed by atoms with E-state index in [0.717, 1.165) is 5.56 Å². The summed E-state index contributed by atoms with van der Waals surface area (Å²) in [4.78, 5) is 64.1. The highest BCUT2D eigenvalue weighted by Gasteiger charge is 2.38. The van der Waals surface area contributed by atoms with E-state index < -0.39 is 53.8 Å². The van der Waals surface area contributed by atoms with Crippen LogP contribution in [0, 0.1) is 0 Å². The van der Waals surface area contributed by atoms with Gasteiger partial charge in [0.2, 0.25) is 23.6 Å². The standard InChI is InChI=1S/C28H35N5O7/c29-20(15-18-8-10-19(34)11-9-18)27(38)33-14-4-7-23(33)26(37)31-21(12-13-24(30)35)25(36)32-22(28(39)40)16-17-5-2-1-3-6-17/h1-3,5-6,8-11,20-23,34H,4,7,12-16,29H2,(H2,30,35)(H,31,37)(H,32,36)(H,39,40). The third-order valence-corrected chi connectivity index (χ3v) is 6.76. The SMILES string of the molecule is NC(=O)CCC(NC(=O)C1CCCN1C(=O)C(N)Cc1ccc(O)cc1)C(=O)NC(Cc1ccccc1)C(=O)O. The van der Waals surface area contributed by atoms with E-state index >= 15 is 0 Å². The fourth-order valence-electron chi connectivity index (χ4n) is 4.63. The fourth-order valence-corrected chi connectivity index (χ4v) is 4.63. The molecule has 8 N–H and O–H groups in total. The Morgan fingerprint density at radius 3 is 2.20 bits per heavy atom. The van der Waals surface area contributed by atoms with E-state index in [9.17, 15) is 34.2 Å². The summed E-state index contributed by atoms with van der Waals surface area (Å²) in [6, 6.07) is 10.7. The van der Waals surface area contributed by atoms with Gasteiger partial charge in [0, 0.05) is 19.4 Å². The number of nitrogens with zero attached hydrogens (tertiary/aromatic N) is 1. The van der Waals surface area contributed by atoms with Crippen LogP contribution in [0.2, 0.25) is 0 Å². The van der Waals surface area contributed by atoms with Crippen molar-refractivity contribution in [1.29, 1.82) is 0 Å². The molecule has 0 spiro atoms. The minimum atomic E-state index is -1.27. The van der Waals surface area contributed by atoms with Crippen molar-refractivity contribution in [3.05, 3.63) is 65.7 Å². The Kier molecular flexibility index (Phi) is 10.6. The summed E-state index contributed by atoms with van der Waals surface area (Å²) in [6.45, 7) is 0.302. The summed E-state index contributed by atoms with van der Waals surface area (Å²) in [7, 11) is 0. The minimum absolute atomic E-state index is 0.0161. The van der Waals surface area contributed by atoms with E-state index in [1.54, 1.807) is 42.5 Å². The first-order valence-electron chi connectivity index (χ1n) is 13.0. The average molecular weight is 554 g/mol. The molecule has 0 radical (unpaired) electrons. The van der Waals surface area contributed by atoms with Crippen molar-refractivity contribution in [1.82, 2.24) is 15.5 Å². The number of rotatable bonds is 13. The maximum absolute atomic E-state index is 13.3. The third-order valence-electron chi connectivity index (χ3n) is 6.76. The number of aromatic hydroxyl groups is 1. The number of aliphatic carboxylic acids is 1. The highest BCUT2D eigenvalue weighted by molar-refractivity contribution is 5.94. The Balaban J connectivity index is 1.68. The topological polar surface area (TPSA) is 205 Å². The summed E-state index contributed by atoms with van der Waals surface area (Å²) in [6.07, 6.45) is 0.741. The number of carboxylic acid groups (broad SMARTS) is 1. The van der Waals surface area contributed by atoms with Crippen molar-refractivity contribution in [2.75, 3.05) is 6.54 Å². The number of hydrogen-bond acceptors (Lipinski definition) is 7. The lowest BCUT2D eigenvalue weighted by atomic mass is 10.0. The second-order valence-corrected chi connectivity index (χ2v) is 9.82. The Bertz CT molecular complexity index is 1210. The molecule has 4 atom stereocenters. The van der Waals surface area contributed by atoms with Gasteiger partial charge >= 0.3 is 5.97 Å². The van der Waals surface area contributed by atoms with Crippen LogP contribution in [0.5, 0.6) is 5.75 Å². The molecule has 1 saturated heterocycles. The van der Waals surface area contributed by atoms with Gasteiger partial charge in [-0.05, 0) is 48.9 Å². The van der Waals surface area contributed by atoms with Crippen molar-refractivity contribution >= 4 is 29.6 Å². The maximum atomic E-state index is 13.3. The second kappa shape index (κ2) is 14.1. The minimum Gasteiger partial charge on any atom is -0.508 e. The van der Waals surface area contributed by atoms with Crippen molar-refractivity contribution < 1.29 is 34.2 Å². The van der Waals surface area contributed by atoms with Gasteiger partial charge in [-0.3, -0.25) is 19.2 Å². The van der Waals surface area contributed by atoms with Gasteiger partial charge < -0.3 is 37.2 Å². The van der Waals surface area contributed by atoms with Crippen LogP contribution in [-0.4, -0.2) is 75.4 Å². The molecular formula is C28H35N5O7. The van der Waals surface area contributed by atoms with Gasteiger partial charge in [-0.25, -0.2) is 4.79 Å². The molecule has 2 aromatic rings. The summed E-state index contributed by atoms with van der Waals surface area (Å²) in [5.74, 6) is -3.68. The maximum Gasteiger partial charge on any atom is 0.326 e. The number of hydrogen-bond donors (Lipinski definition) is 6. The van der Waals surface area contributed by atoms with E-state index in [1.165, 1.54) is 17.0 Å². The number of amides is 4. The van der Waals surface area contributed by atoms with Crippen LogP contribution in [0.3, 0.4) is 0 Å². The molecule has 3 rings (SSSR count). The van der Waals surface area contributed by atoms with Crippen molar-refractivity contribution in [2.24, 2.45) is 11.5 Å². The molecule has 4 amide bonds. The van der Waals surface area contributed by atoms with Crippen LogP contribution in [0.25, 0.3) is 0 Å². The van der Waals surface area contributed by atoms with Crippen molar-refractivity contribution in [2.45, 2.75) is 62.7 Å². The first-order chi connectivity index (χ1) is 19.0. The lowest BCUT2D eigenvalue weighted by Gasteiger charge is -2.28. The molecule has 1 fully saturated rings. The number of nitrogens with two attached hydrogens (primary N) is 2. The van der Waals surface area contributed by atoms with Crippen LogP contribution >= 0.6 is 0 Å². The van der Waals surface area contributed by atoms with Gasteiger partial charge in [0.1, 0.15) is 23.9 Å². The zero-order chi connectivity index (χ0) is 29.2. The van der Waals surface area contributed by atoms with E-state index in [2.05, 4.69) is 10.6 Å². The quantitative estimate of drug-likeness (QED) is 0.196. The number of carbonyl (C=O) groups excluding carboxylic acids is 4. The lowest BCUT2D eigenvalue weighted by Crippen LogP contribution is -2.57. The van der Waals surface area contributed by atoms with Gasteiger partial charge in [-0.2, -0.15) is 0 Å². The number of phenols is 1. The fraction of sp³-hybridized carbons (Fsp3) is 0.393. The molecule has 214 valence electrons. The van der Waals surface area contributed by atoms with Crippen molar-refractivity contribution in [3.8, 4) is 5.75 Å². The molecule has 0 saturated carbocycles. The number of primary amides is 1. The average Bonchev–Trinajstić information content (AvgIpc) is 3.42. The van der Waals surface area contributed by atoms with Gasteiger partial charge in [0.25, 0.3) is 0 Å². The molecule has 1 heterocycles. The van der Waals surface area contributed by atoms with Crippen molar-refractivity contribution in [3.63, 3.8) is 0 Å². The van der Waals surface area contributed by atoms with Crippen LogP contribution in [-0.2, 0) is 36.8 Å². The number of carbonyl (C=O) groups is 5. The monoisotopic (exact) mass is 553 g/mol. The van der Waals surface area contributed by atoms with Gasteiger partial charge in [0.15, 0.2) is 0 Å². The highest BCUT2D eigenvalue weighted by atomic mass is 16.4. The third kappa shape index (κ3) is 8.53. The molecular weight excluding hydrogens is 518 g/mol. The van der Waals surface area contributed by atoms with E-state index in [4.69, 9.17) is 11.5 Å². The largest absolute Gasteiger partial charge is 0.508 e. The number of likely N-dealkylation sites (tertiary alicyclic amines) is 1. The Labute approximate surface area is 231 Å². The van der Waals surface area contributed by atoms with E-state index in [0.29, 0.717) is 24.9 Å². The Hall–Kier alpha value is -4.45. The molecule has 12 heteroatoms. The highest BCUT2D eigenvalue weighted by Crippen LogP contribution is 2.20. The van der Waals surface area contributed by atoms with Crippen LogP contribution in [0.15, 0.2) is 54.6 Å². The predicted octanol–water partition coefficient (Wildman–Crippen LogP) is -0.185. The normalized spacial score (nSPS) is 16.9. The number of benzene rings is 2. The number of carboxylic acids is 1.